The molecule has 148 valence electrons. The molecular weight excluding hydrogens is 348 g/mol. The van der Waals surface area contributed by atoms with E-state index < -0.39 is 0 Å². The fourth-order valence-electron chi connectivity index (χ4n) is 3.33. The van der Waals surface area contributed by atoms with Crippen LogP contribution in [0.25, 0.3) is 0 Å². The van der Waals surface area contributed by atoms with E-state index in [9.17, 15) is 4.79 Å². The highest BCUT2D eigenvalue weighted by atomic mass is 16.2. The Balaban J connectivity index is 1.35. The Morgan fingerprint density at radius 3 is 2.36 bits per heavy atom. The third kappa shape index (κ3) is 5.92. The standard InChI is InChI=1S/C23H30N4O/c1-19(2)21-10-8-20(9-11-21)18-24-25-23(28)12-13-26-14-16-27(17-15-26)22-6-4-3-5-7-22/h3-11,18-19H,12-17H2,1-2H3,(H,25,28)/b24-18+. The molecule has 1 saturated heterocycles. The van der Waals surface area contributed by atoms with Crippen molar-refractivity contribution in [1.29, 1.82) is 0 Å². The van der Waals surface area contributed by atoms with Crippen LogP contribution in [0, 0.1) is 0 Å². The first-order chi connectivity index (χ1) is 13.6. The predicted molar refractivity (Wildman–Crippen MR) is 116 cm³/mol. The highest BCUT2D eigenvalue weighted by Crippen LogP contribution is 2.16. The molecule has 0 bridgehead atoms. The van der Waals surface area contributed by atoms with Crippen LogP contribution in [0.2, 0.25) is 0 Å². The summed E-state index contributed by atoms with van der Waals surface area (Å²) in [5, 5.41) is 4.08. The third-order valence-electron chi connectivity index (χ3n) is 5.15. The van der Waals surface area contributed by atoms with E-state index in [1.165, 1.54) is 11.3 Å². The summed E-state index contributed by atoms with van der Waals surface area (Å²) in [6.07, 6.45) is 2.16. The Morgan fingerprint density at radius 2 is 1.71 bits per heavy atom. The van der Waals surface area contributed by atoms with Gasteiger partial charge in [-0.15, -0.1) is 0 Å². The van der Waals surface area contributed by atoms with Crippen molar-refractivity contribution in [1.82, 2.24) is 10.3 Å². The molecule has 0 unspecified atom stereocenters. The fourth-order valence-corrected chi connectivity index (χ4v) is 3.33. The van der Waals surface area contributed by atoms with Crippen molar-refractivity contribution < 1.29 is 4.79 Å². The molecule has 1 aliphatic heterocycles. The van der Waals surface area contributed by atoms with E-state index in [1.807, 2.05) is 18.2 Å². The number of para-hydroxylation sites is 1. The molecule has 0 saturated carbocycles. The second-order valence-electron chi connectivity index (χ2n) is 7.53. The van der Waals surface area contributed by atoms with Gasteiger partial charge in [0.2, 0.25) is 5.91 Å². The van der Waals surface area contributed by atoms with Crippen molar-refractivity contribution in [3.05, 3.63) is 65.7 Å². The van der Waals surface area contributed by atoms with Crippen LogP contribution in [0.1, 0.15) is 37.3 Å². The molecule has 1 amide bonds. The topological polar surface area (TPSA) is 47.9 Å². The van der Waals surface area contributed by atoms with Crippen LogP contribution >= 0.6 is 0 Å². The number of carbonyl (C=O) groups excluding carboxylic acids is 1. The summed E-state index contributed by atoms with van der Waals surface area (Å²) in [4.78, 5) is 16.8. The number of nitrogens with one attached hydrogen (secondary N) is 1. The normalized spacial score (nSPS) is 15.3. The van der Waals surface area contributed by atoms with Gasteiger partial charge in [-0.2, -0.15) is 5.10 Å². The zero-order chi connectivity index (χ0) is 19.8. The number of hydrogen-bond acceptors (Lipinski definition) is 4. The monoisotopic (exact) mass is 378 g/mol. The van der Waals surface area contributed by atoms with Gasteiger partial charge in [-0.1, -0.05) is 56.3 Å². The van der Waals surface area contributed by atoms with Crippen LogP contribution in [0.3, 0.4) is 0 Å². The molecule has 28 heavy (non-hydrogen) atoms. The summed E-state index contributed by atoms with van der Waals surface area (Å²) >= 11 is 0. The van der Waals surface area contributed by atoms with E-state index in [0.717, 1.165) is 38.3 Å². The Bertz CT molecular complexity index is 763. The number of anilines is 1. The lowest BCUT2D eigenvalue weighted by Gasteiger charge is -2.36. The number of hydrazone groups is 1. The largest absolute Gasteiger partial charge is 0.369 e. The molecule has 0 radical (unpaired) electrons. The molecule has 5 heteroatoms. The van der Waals surface area contributed by atoms with E-state index in [2.05, 4.69) is 70.6 Å². The maximum atomic E-state index is 12.0. The van der Waals surface area contributed by atoms with Gasteiger partial charge in [0.1, 0.15) is 0 Å². The molecule has 3 rings (SSSR count). The lowest BCUT2D eigenvalue weighted by atomic mass is 10.0. The number of piperazine rings is 1. The van der Waals surface area contributed by atoms with E-state index in [4.69, 9.17) is 0 Å². The first kappa shape index (κ1) is 20.1. The lowest BCUT2D eigenvalue weighted by molar-refractivity contribution is -0.121. The molecule has 0 atom stereocenters. The van der Waals surface area contributed by atoms with Gasteiger partial charge in [-0.3, -0.25) is 9.69 Å². The second kappa shape index (κ2) is 10.0. The number of nitrogens with zero attached hydrogens (tertiary/aromatic N) is 3. The molecule has 2 aromatic carbocycles. The summed E-state index contributed by atoms with van der Waals surface area (Å²) in [5.41, 5.74) is 6.20. The highest BCUT2D eigenvalue weighted by Gasteiger charge is 2.17. The Labute approximate surface area is 168 Å². The summed E-state index contributed by atoms with van der Waals surface area (Å²) in [6.45, 7) is 9.07. The SMILES string of the molecule is CC(C)c1ccc(/C=N/NC(=O)CCN2CCN(c3ccccc3)CC2)cc1. The van der Waals surface area contributed by atoms with Gasteiger partial charge in [0.25, 0.3) is 0 Å². The first-order valence-electron chi connectivity index (χ1n) is 10.1. The molecule has 1 heterocycles. The molecule has 2 aromatic rings. The summed E-state index contributed by atoms with van der Waals surface area (Å²) in [7, 11) is 0. The molecule has 1 fully saturated rings. The number of benzene rings is 2. The van der Waals surface area contributed by atoms with Gasteiger partial charge in [0.05, 0.1) is 6.21 Å². The van der Waals surface area contributed by atoms with E-state index >= 15 is 0 Å². The minimum Gasteiger partial charge on any atom is -0.369 e. The van der Waals surface area contributed by atoms with Crippen molar-refractivity contribution in [2.75, 3.05) is 37.6 Å². The van der Waals surface area contributed by atoms with Gasteiger partial charge >= 0.3 is 0 Å². The molecule has 1 N–H and O–H groups in total. The van der Waals surface area contributed by atoms with Gasteiger partial charge in [0.15, 0.2) is 0 Å². The predicted octanol–water partition coefficient (Wildman–Crippen LogP) is 3.47. The lowest BCUT2D eigenvalue weighted by Crippen LogP contribution is -2.47. The van der Waals surface area contributed by atoms with Crippen LogP contribution < -0.4 is 10.3 Å². The number of hydrogen-bond donors (Lipinski definition) is 1. The minimum atomic E-state index is -0.0412. The summed E-state index contributed by atoms with van der Waals surface area (Å²) in [6, 6.07) is 18.7. The Hall–Kier alpha value is -2.66. The molecular formula is C23H30N4O. The average Bonchev–Trinajstić information content (AvgIpc) is 2.73. The van der Waals surface area contributed by atoms with Crippen molar-refractivity contribution in [2.24, 2.45) is 5.10 Å². The average molecular weight is 379 g/mol. The van der Waals surface area contributed by atoms with Gasteiger partial charge in [-0.05, 0) is 29.2 Å². The maximum absolute atomic E-state index is 12.0. The van der Waals surface area contributed by atoms with Crippen LogP contribution in [0.4, 0.5) is 5.69 Å². The van der Waals surface area contributed by atoms with Crippen LogP contribution in [0.5, 0.6) is 0 Å². The second-order valence-corrected chi connectivity index (χ2v) is 7.53. The minimum absolute atomic E-state index is 0.0412. The van der Waals surface area contributed by atoms with Gasteiger partial charge < -0.3 is 4.90 Å². The zero-order valence-corrected chi connectivity index (χ0v) is 16.8. The fraction of sp³-hybridized carbons (Fsp3) is 0.391. The molecule has 5 nitrogen and oxygen atoms in total. The van der Waals surface area contributed by atoms with Crippen LogP contribution in [-0.4, -0.2) is 49.7 Å². The van der Waals surface area contributed by atoms with Crippen molar-refractivity contribution in [3.63, 3.8) is 0 Å². The first-order valence-corrected chi connectivity index (χ1v) is 10.1. The quantitative estimate of drug-likeness (QED) is 0.593. The van der Waals surface area contributed by atoms with Crippen molar-refractivity contribution >= 4 is 17.8 Å². The van der Waals surface area contributed by atoms with Gasteiger partial charge in [-0.25, -0.2) is 5.43 Å². The maximum Gasteiger partial charge on any atom is 0.241 e. The van der Waals surface area contributed by atoms with Crippen LogP contribution in [-0.2, 0) is 4.79 Å². The van der Waals surface area contributed by atoms with Crippen LogP contribution in [0.15, 0.2) is 59.7 Å². The third-order valence-corrected chi connectivity index (χ3v) is 5.15. The number of carbonyl (C=O) groups is 1. The summed E-state index contributed by atoms with van der Waals surface area (Å²) in [5.74, 6) is 0.473. The van der Waals surface area contributed by atoms with E-state index in [0.29, 0.717) is 12.3 Å². The molecule has 0 aliphatic carbocycles. The van der Waals surface area contributed by atoms with Crippen molar-refractivity contribution in [3.8, 4) is 0 Å². The van der Waals surface area contributed by atoms with Crippen molar-refractivity contribution in [2.45, 2.75) is 26.2 Å². The van der Waals surface area contributed by atoms with E-state index in [1.54, 1.807) is 6.21 Å². The Kier molecular flexibility index (Phi) is 7.20. The zero-order valence-electron chi connectivity index (χ0n) is 16.8. The number of rotatable bonds is 7. The highest BCUT2D eigenvalue weighted by molar-refractivity contribution is 5.82. The molecule has 0 aromatic heterocycles. The number of amides is 1. The smallest absolute Gasteiger partial charge is 0.241 e. The summed E-state index contributed by atoms with van der Waals surface area (Å²) < 4.78 is 0. The van der Waals surface area contributed by atoms with Gasteiger partial charge in [0, 0.05) is 44.8 Å². The molecule has 0 spiro atoms. The van der Waals surface area contributed by atoms with E-state index in [-0.39, 0.29) is 5.91 Å². The Morgan fingerprint density at radius 1 is 1.04 bits per heavy atom. The molecule has 1 aliphatic rings.